The molecule has 0 aliphatic carbocycles. The van der Waals surface area contributed by atoms with Gasteiger partial charge < -0.3 is 11.9 Å². The summed E-state index contributed by atoms with van der Waals surface area (Å²) in [5, 5.41) is 0. The van der Waals surface area contributed by atoms with Gasteiger partial charge in [-0.3, -0.25) is 0 Å². The van der Waals surface area contributed by atoms with Gasteiger partial charge in [-0.15, -0.1) is 0 Å². The zero-order valence-corrected chi connectivity index (χ0v) is 7.18. The molecule has 0 heterocycles. The first-order chi connectivity index (χ1) is 4.13. The molecule has 0 saturated carbocycles. The average molecular weight is 167 g/mol. The van der Waals surface area contributed by atoms with Crippen LogP contribution >= 0.6 is 8.03 Å². The maximum absolute atomic E-state index is 10.1. The van der Waals surface area contributed by atoms with Crippen molar-refractivity contribution in [3.63, 3.8) is 0 Å². The van der Waals surface area contributed by atoms with E-state index in [2.05, 4.69) is 0 Å². The Hall–Kier alpha value is -0.0200. The van der Waals surface area contributed by atoms with Crippen molar-refractivity contribution < 1.29 is 9.46 Å². The van der Waals surface area contributed by atoms with Crippen LogP contribution in [-0.2, 0) is 4.57 Å². The van der Waals surface area contributed by atoms with Crippen LogP contribution in [0.1, 0.15) is 19.8 Å². The fourth-order valence-corrected chi connectivity index (χ4v) is 1.00. The van der Waals surface area contributed by atoms with Crippen LogP contribution in [0.25, 0.3) is 0 Å². The minimum atomic E-state index is -1.94. The van der Waals surface area contributed by atoms with E-state index in [0.717, 1.165) is 12.8 Å². The lowest BCUT2D eigenvalue weighted by Crippen LogP contribution is -2.14. The van der Waals surface area contributed by atoms with Gasteiger partial charge in [-0.25, -0.2) is 0 Å². The van der Waals surface area contributed by atoms with Gasteiger partial charge in [0.2, 0.25) is 0 Å². The normalized spacial score (nSPS) is 13.7. The van der Waals surface area contributed by atoms with Gasteiger partial charge in [-0.1, -0.05) is 0 Å². The highest BCUT2D eigenvalue weighted by molar-refractivity contribution is 7.37. The minimum absolute atomic E-state index is 0. The van der Waals surface area contributed by atoms with Crippen molar-refractivity contribution >= 4 is 8.03 Å². The van der Waals surface area contributed by atoms with Gasteiger partial charge in [-0.05, 0) is 24.3 Å². The molecule has 2 atom stereocenters. The van der Waals surface area contributed by atoms with Crippen molar-refractivity contribution in [2.24, 2.45) is 5.73 Å². The second-order valence-corrected chi connectivity index (χ2v) is 3.35. The zero-order valence-electron chi connectivity index (χ0n) is 6.29. The van der Waals surface area contributed by atoms with Gasteiger partial charge in [0.05, 0.1) is 0 Å². The summed E-state index contributed by atoms with van der Waals surface area (Å²) in [4.78, 5) is 8.33. The fourth-order valence-electron chi connectivity index (χ4n) is 0.549. The Morgan fingerprint density at radius 1 is 1.70 bits per heavy atom. The van der Waals surface area contributed by atoms with E-state index >= 15 is 0 Å². The van der Waals surface area contributed by atoms with Gasteiger partial charge in [0.15, 0.2) is 6.16 Å². The summed E-state index contributed by atoms with van der Waals surface area (Å²) in [6.07, 6.45) is 1.97. The van der Waals surface area contributed by atoms with E-state index < -0.39 is 8.03 Å². The molecule has 0 saturated heterocycles. The van der Waals surface area contributed by atoms with Gasteiger partial charge in [0.1, 0.15) is 0 Å². The van der Waals surface area contributed by atoms with Crippen LogP contribution in [-0.4, -0.2) is 17.1 Å². The van der Waals surface area contributed by atoms with Crippen molar-refractivity contribution in [3.8, 4) is 0 Å². The smallest absolute Gasteiger partial charge is 0.344 e. The van der Waals surface area contributed by atoms with E-state index in [1.165, 1.54) is 0 Å². The fraction of sp³-hybridized carbons (Fsp3) is 1.00. The first kappa shape index (κ1) is 12.6. The van der Waals surface area contributed by atoms with E-state index in [-0.39, 0.29) is 12.2 Å². The summed E-state index contributed by atoms with van der Waals surface area (Å²) in [5.74, 6) is 0. The molecule has 10 heavy (non-hydrogen) atoms. The Labute approximate surface area is 62.3 Å². The SMILES string of the molecule is CC(N)CCC[P+](=O)O.N. The highest BCUT2D eigenvalue weighted by Gasteiger charge is 2.08. The van der Waals surface area contributed by atoms with E-state index in [0.29, 0.717) is 6.16 Å². The number of nitrogens with two attached hydrogens (primary N) is 1. The molecular formula is C5H16N2O2P+. The van der Waals surface area contributed by atoms with E-state index in [1.54, 1.807) is 0 Å². The molecule has 0 spiro atoms. The maximum Gasteiger partial charge on any atom is 0.505 e. The molecule has 4 nitrogen and oxygen atoms in total. The predicted molar refractivity (Wildman–Crippen MR) is 42.6 cm³/mol. The molecule has 0 radical (unpaired) electrons. The summed E-state index contributed by atoms with van der Waals surface area (Å²) in [5.41, 5.74) is 5.40. The molecule has 0 fully saturated rings. The molecule has 0 bridgehead atoms. The highest BCUT2D eigenvalue weighted by atomic mass is 31.1. The second-order valence-electron chi connectivity index (χ2n) is 2.20. The van der Waals surface area contributed by atoms with Gasteiger partial charge in [0, 0.05) is 6.04 Å². The van der Waals surface area contributed by atoms with E-state index in [4.69, 9.17) is 10.6 Å². The van der Waals surface area contributed by atoms with Gasteiger partial charge >= 0.3 is 8.03 Å². The summed E-state index contributed by atoms with van der Waals surface area (Å²) < 4.78 is 10.1. The van der Waals surface area contributed by atoms with Crippen LogP contribution in [0.4, 0.5) is 0 Å². The number of hydrogen-bond donors (Lipinski definition) is 3. The van der Waals surface area contributed by atoms with E-state index in [1.807, 2.05) is 6.92 Å². The number of rotatable bonds is 4. The number of hydrogen-bond acceptors (Lipinski definition) is 3. The molecule has 0 aromatic heterocycles. The third-order valence-electron chi connectivity index (χ3n) is 1.01. The van der Waals surface area contributed by atoms with Gasteiger partial charge in [-0.2, -0.15) is 4.89 Å². The standard InChI is InChI=1S/C5H12NO2P.H3N/c1-5(6)3-2-4-9(7)8;/h5H,2-4,6H2,1H3;1H3/p+1. The molecule has 62 valence electrons. The summed E-state index contributed by atoms with van der Waals surface area (Å²) in [6.45, 7) is 1.89. The molecule has 5 heteroatoms. The van der Waals surface area contributed by atoms with Crippen molar-refractivity contribution in [1.82, 2.24) is 6.15 Å². The quantitative estimate of drug-likeness (QED) is 0.544. The molecule has 6 N–H and O–H groups in total. The van der Waals surface area contributed by atoms with Crippen LogP contribution in [0, 0.1) is 0 Å². The van der Waals surface area contributed by atoms with E-state index in [9.17, 15) is 4.57 Å². The van der Waals surface area contributed by atoms with Crippen LogP contribution in [0.3, 0.4) is 0 Å². The summed E-state index contributed by atoms with van der Waals surface area (Å²) in [6, 6.07) is 0.153. The molecule has 0 aromatic rings. The first-order valence-electron chi connectivity index (χ1n) is 3.02. The van der Waals surface area contributed by atoms with Crippen LogP contribution in [0.2, 0.25) is 0 Å². The Morgan fingerprint density at radius 3 is 2.50 bits per heavy atom. The highest BCUT2D eigenvalue weighted by Crippen LogP contribution is 2.14. The Morgan fingerprint density at radius 2 is 2.20 bits per heavy atom. The summed E-state index contributed by atoms with van der Waals surface area (Å²) in [7, 11) is -1.94. The lowest BCUT2D eigenvalue weighted by molar-refractivity contribution is 0.498. The van der Waals surface area contributed by atoms with Crippen molar-refractivity contribution in [2.75, 3.05) is 6.16 Å². The zero-order chi connectivity index (χ0) is 7.28. The Bertz CT molecular complexity index is 97.6. The van der Waals surface area contributed by atoms with Crippen LogP contribution in [0.5, 0.6) is 0 Å². The maximum atomic E-state index is 10.1. The Balaban J connectivity index is 0. The molecule has 0 amide bonds. The average Bonchev–Trinajstić information content (AvgIpc) is 1.63. The minimum Gasteiger partial charge on any atom is -0.344 e. The first-order valence-corrected chi connectivity index (χ1v) is 4.42. The molecular weight excluding hydrogens is 151 g/mol. The predicted octanol–water partition coefficient (Wildman–Crippen LogP) is 1.01. The van der Waals surface area contributed by atoms with Crippen LogP contribution in [0.15, 0.2) is 0 Å². The largest absolute Gasteiger partial charge is 0.505 e. The molecule has 0 aromatic carbocycles. The molecule has 0 aliphatic rings. The third-order valence-corrected chi connectivity index (χ3v) is 1.71. The summed E-state index contributed by atoms with van der Waals surface area (Å²) >= 11 is 0. The lowest BCUT2D eigenvalue weighted by Gasteiger charge is -1.97. The lowest BCUT2D eigenvalue weighted by atomic mass is 10.2. The van der Waals surface area contributed by atoms with Gasteiger partial charge in [0.25, 0.3) is 0 Å². The topological polar surface area (TPSA) is 98.3 Å². The second kappa shape index (κ2) is 7.09. The van der Waals surface area contributed by atoms with Crippen molar-refractivity contribution in [3.05, 3.63) is 0 Å². The van der Waals surface area contributed by atoms with Crippen molar-refractivity contribution in [1.29, 1.82) is 0 Å². The van der Waals surface area contributed by atoms with Crippen molar-refractivity contribution in [2.45, 2.75) is 25.8 Å². The Kier molecular flexibility index (Phi) is 8.96. The molecule has 0 rings (SSSR count). The van der Waals surface area contributed by atoms with Crippen LogP contribution < -0.4 is 11.9 Å². The molecule has 0 aliphatic heterocycles. The molecule has 2 unspecified atom stereocenters. The monoisotopic (exact) mass is 167 g/mol. The third kappa shape index (κ3) is 10.9.